The van der Waals surface area contributed by atoms with Crippen LogP contribution in [0.25, 0.3) is 0 Å². The van der Waals surface area contributed by atoms with Gasteiger partial charge in [-0.05, 0) is 73.7 Å². The number of rotatable bonds is 0. The van der Waals surface area contributed by atoms with Crippen molar-refractivity contribution in [1.29, 1.82) is 0 Å². The van der Waals surface area contributed by atoms with Crippen LogP contribution in [0.2, 0.25) is 0 Å². The zero-order valence-corrected chi connectivity index (χ0v) is 15.3. The maximum absolute atomic E-state index is 10.1. The normalized spacial score (nSPS) is 46.6. The topological polar surface area (TPSA) is 38.0 Å². The van der Waals surface area contributed by atoms with Gasteiger partial charge in [-0.15, -0.1) is 0 Å². The number of aliphatic hydroxyl groups excluding tert-OH is 1. The molecular formula is C21H30N2O. The van der Waals surface area contributed by atoms with Crippen LogP contribution >= 0.6 is 0 Å². The summed E-state index contributed by atoms with van der Waals surface area (Å²) < 4.78 is 2.15. The van der Waals surface area contributed by atoms with Crippen molar-refractivity contribution < 1.29 is 5.11 Å². The minimum Gasteiger partial charge on any atom is -0.393 e. The molecule has 3 heteroatoms. The van der Waals surface area contributed by atoms with Crippen LogP contribution in [0.15, 0.2) is 17.8 Å². The van der Waals surface area contributed by atoms with Gasteiger partial charge in [-0.1, -0.05) is 25.5 Å². The number of hydrogen-bond acceptors (Lipinski definition) is 2. The van der Waals surface area contributed by atoms with Crippen molar-refractivity contribution in [1.82, 2.24) is 9.78 Å². The molecule has 2 fully saturated rings. The summed E-state index contributed by atoms with van der Waals surface area (Å²) in [4.78, 5) is 0. The minimum absolute atomic E-state index is 0.100. The van der Waals surface area contributed by atoms with Crippen LogP contribution in [-0.4, -0.2) is 21.0 Å². The van der Waals surface area contributed by atoms with Crippen LogP contribution in [0.4, 0.5) is 0 Å². The summed E-state index contributed by atoms with van der Waals surface area (Å²) in [6.07, 6.45) is 12.7. The third-order valence-corrected chi connectivity index (χ3v) is 8.46. The molecule has 1 heterocycles. The number of nitrogens with zero attached hydrogens (tertiary/aromatic N) is 2. The fourth-order valence-electron chi connectivity index (χ4n) is 7.24. The van der Waals surface area contributed by atoms with E-state index >= 15 is 0 Å². The van der Waals surface area contributed by atoms with Crippen molar-refractivity contribution in [2.45, 2.75) is 70.3 Å². The maximum Gasteiger partial charge on any atom is 0.0577 e. The van der Waals surface area contributed by atoms with Crippen LogP contribution in [-0.2, 0) is 18.9 Å². The second-order valence-electron chi connectivity index (χ2n) is 9.46. The number of allylic oxidation sites excluding steroid dienone is 1. The van der Waals surface area contributed by atoms with E-state index in [1.54, 1.807) is 5.57 Å². The summed E-state index contributed by atoms with van der Waals surface area (Å²) in [5.41, 5.74) is 5.26. The van der Waals surface area contributed by atoms with Gasteiger partial charge in [0.25, 0.3) is 0 Å². The van der Waals surface area contributed by atoms with Gasteiger partial charge >= 0.3 is 0 Å². The zero-order valence-electron chi connectivity index (χ0n) is 15.3. The Hall–Kier alpha value is -1.09. The van der Waals surface area contributed by atoms with Gasteiger partial charge in [0.15, 0.2) is 0 Å². The molecule has 1 N–H and O–H groups in total. The average molecular weight is 326 g/mol. The molecule has 0 spiro atoms. The molecule has 0 unspecified atom stereocenters. The van der Waals surface area contributed by atoms with Crippen molar-refractivity contribution in [2.75, 3.05) is 0 Å². The largest absolute Gasteiger partial charge is 0.393 e. The fourth-order valence-corrected chi connectivity index (χ4v) is 7.24. The molecule has 0 amide bonds. The highest BCUT2D eigenvalue weighted by Crippen LogP contribution is 2.64. The van der Waals surface area contributed by atoms with Gasteiger partial charge in [0.2, 0.25) is 0 Å². The van der Waals surface area contributed by atoms with Gasteiger partial charge in [-0.25, -0.2) is 0 Å². The van der Waals surface area contributed by atoms with Gasteiger partial charge in [-0.3, -0.25) is 4.68 Å². The Kier molecular flexibility index (Phi) is 3.01. The van der Waals surface area contributed by atoms with Crippen LogP contribution in [0, 0.1) is 23.2 Å². The zero-order chi connectivity index (χ0) is 16.7. The summed E-state index contributed by atoms with van der Waals surface area (Å²) in [6.45, 7) is 5.02. The van der Waals surface area contributed by atoms with Gasteiger partial charge in [0.1, 0.15) is 0 Å². The van der Waals surface area contributed by atoms with Crippen LogP contribution in [0.1, 0.15) is 63.6 Å². The van der Waals surface area contributed by atoms with Crippen molar-refractivity contribution in [3.8, 4) is 0 Å². The quantitative estimate of drug-likeness (QED) is 0.737. The Balaban J connectivity index is 1.54. The van der Waals surface area contributed by atoms with E-state index < -0.39 is 0 Å². The molecule has 0 radical (unpaired) electrons. The fraction of sp³-hybridized carbons (Fsp3) is 0.762. The monoisotopic (exact) mass is 326 g/mol. The predicted molar refractivity (Wildman–Crippen MR) is 94.6 cm³/mol. The summed E-state index contributed by atoms with van der Waals surface area (Å²) in [5.74, 6) is 2.39. The first-order valence-corrected chi connectivity index (χ1v) is 9.82. The lowest BCUT2D eigenvalue weighted by Crippen LogP contribution is -2.51. The number of aliphatic hydroxyl groups is 1. The smallest absolute Gasteiger partial charge is 0.0577 e. The SMILES string of the molecule is Cn1ncc2c1[C@@]1(C)CC[C@H]3[C@@H](CC=C4C[C@@H](O)CC[C@@]43C)[C@@H]1C2. The molecule has 4 aliphatic rings. The van der Waals surface area contributed by atoms with E-state index in [9.17, 15) is 5.11 Å². The highest BCUT2D eigenvalue weighted by molar-refractivity contribution is 5.37. The van der Waals surface area contributed by atoms with Crippen LogP contribution in [0.3, 0.4) is 0 Å². The molecule has 0 saturated heterocycles. The molecule has 1 aromatic rings. The van der Waals surface area contributed by atoms with Crippen LogP contribution in [0.5, 0.6) is 0 Å². The number of aromatic nitrogens is 2. The maximum atomic E-state index is 10.1. The first-order chi connectivity index (χ1) is 11.4. The summed E-state index contributed by atoms with van der Waals surface area (Å²) in [5, 5.41) is 14.7. The lowest BCUT2D eigenvalue weighted by Gasteiger charge is -2.57. The second kappa shape index (κ2) is 4.75. The standard InChI is InChI=1S/C21H30N2O/c1-20-8-6-15(24)11-14(20)4-5-16-17(20)7-9-21(2)18(16)10-13-12-22-23(3)19(13)21/h4,12,15-18,24H,5-11H2,1-3H3/t15-,16+,17-,18-,20-,21-/m0/s1. The highest BCUT2D eigenvalue weighted by atomic mass is 16.3. The van der Waals surface area contributed by atoms with E-state index in [0.717, 1.165) is 30.6 Å². The number of fused-ring (bicyclic) bond motifs is 7. The van der Waals surface area contributed by atoms with E-state index in [1.165, 1.54) is 43.4 Å². The van der Waals surface area contributed by atoms with Crippen molar-refractivity contribution in [3.63, 3.8) is 0 Å². The minimum atomic E-state index is -0.100. The van der Waals surface area contributed by atoms with Gasteiger partial charge in [-0.2, -0.15) is 5.10 Å². The lowest BCUT2D eigenvalue weighted by molar-refractivity contribution is -0.0179. The molecule has 5 rings (SSSR count). The Morgan fingerprint density at radius 3 is 2.75 bits per heavy atom. The summed E-state index contributed by atoms with van der Waals surface area (Å²) in [7, 11) is 2.13. The van der Waals surface area contributed by atoms with E-state index in [2.05, 4.69) is 42.9 Å². The predicted octanol–water partition coefficient (Wildman–Crippen LogP) is 3.76. The van der Waals surface area contributed by atoms with Gasteiger partial charge in [0.05, 0.1) is 12.3 Å². The van der Waals surface area contributed by atoms with Gasteiger partial charge in [0, 0.05) is 18.2 Å². The summed E-state index contributed by atoms with van der Waals surface area (Å²) in [6, 6.07) is 0. The molecule has 24 heavy (non-hydrogen) atoms. The third-order valence-electron chi connectivity index (χ3n) is 8.46. The number of aryl methyl sites for hydroxylation is 1. The Morgan fingerprint density at radius 2 is 1.92 bits per heavy atom. The van der Waals surface area contributed by atoms with E-state index in [-0.39, 0.29) is 6.10 Å². The average Bonchev–Trinajstić information content (AvgIpc) is 3.06. The number of hydrogen-bond donors (Lipinski definition) is 1. The highest BCUT2D eigenvalue weighted by Gasteiger charge is 2.58. The molecule has 3 nitrogen and oxygen atoms in total. The van der Waals surface area contributed by atoms with Crippen molar-refractivity contribution in [3.05, 3.63) is 29.1 Å². The van der Waals surface area contributed by atoms with Gasteiger partial charge < -0.3 is 5.11 Å². The van der Waals surface area contributed by atoms with E-state index in [1.807, 2.05) is 0 Å². The Morgan fingerprint density at radius 1 is 1.12 bits per heavy atom. The molecule has 2 saturated carbocycles. The molecule has 0 aliphatic heterocycles. The second-order valence-corrected chi connectivity index (χ2v) is 9.46. The van der Waals surface area contributed by atoms with E-state index in [0.29, 0.717) is 10.8 Å². The lowest BCUT2D eigenvalue weighted by atomic mass is 9.48. The van der Waals surface area contributed by atoms with Crippen molar-refractivity contribution >= 4 is 0 Å². The molecule has 4 aliphatic carbocycles. The molecule has 0 aromatic carbocycles. The third kappa shape index (κ3) is 1.75. The summed E-state index contributed by atoms with van der Waals surface area (Å²) >= 11 is 0. The Labute approximate surface area is 145 Å². The molecule has 6 atom stereocenters. The first kappa shape index (κ1) is 15.2. The van der Waals surface area contributed by atoms with Crippen LogP contribution < -0.4 is 0 Å². The molecular weight excluding hydrogens is 296 g/mol. The molecule has 0 bridgehead atoms. The molecule has 130 valence electrons. The van der Waals surface area contributed by atoms with E-state index in [4.69, 9.17) is 0 Å². The van der Waals surface area contributed by atoms with Crippen molar-refractivity contribution in [2.24, 2.45) is 30.2 Å². The molecule has 1 aromatic heterocycles. The Bertz CT molecular complexity index is 719. The first-order valence-electron chi connectivity index (χ1n) is 9.82.